The molecule has 2 aliphatic heterocycles. The second-order valence-electron chi connectivity index (χ2n) is 6.48. The molecule has 0 radical (unpaired) electrons. The number of hydrogen-bond donors (Lipinski definition) is 1. The molecule has 1 aromatic carbocycles. The highest BCUT2D eigenvalue weighted by Gasteiger charge is 2.43. The van der Waals surface area contributed by atoms with Crippen LogP contribution >= 0.6 is 0 Å². The quantitative estimate of drug-likeness (QED) is 0.731. The minimum absolute atomic E-state index is 0.0807. The second-order valence-corrected chi connectivity index (χ2v) is 6.48. The van der Waals surface area contributed by atoms with Gasteiger partial charge in [0.25, 0.3) is 5.91 Å². The van der Waals surface area contributed by atoms with E-state index in [0.29, 0.717) is 42.3 Å². The fraction of sp³-hybridized carbons (Fsp3) is 0.474. The average Bonchev–Trinajstić information content (AvgIpc) is 3.01. The largest absolute Gasteiger partial charge is 0.497 e. The lowest BCUT2D eigenvalue weighted by molar-refractivity contribution is -0.125. The fourth-order valence-electron chi connectivity index (χ4n) is 3.50. The van der Waals surface area contributed by atoms with Crippen LogP contribution < -0.4 is 14.8 Å². The number of urea groups is 1. The summed E-state index contributed by atoms with van der Waals surface area (Å²) >= 11 is 0. The van der Waals surface area contributed by atoms with Crippen molar-refractivity contribution < 1.29 is 23.8 Å². The van der Waals surface area contributed by atoms with Crippen LogP contribution in [0.2, 0.25) is 0 Å². The molecule has 1 atom stereocenters. The smallest absolute Gasteiger partial charge is 0.322 e. The molecule has 3 rings (SSSR count). The van der Waals surface area contributed by atoms with Crippen LogP contribution in [0.3, 0.4) is 0 Å². The summed E-state index contributed by atoms with van der Waals surface area (Å²) in [6.45, 7) is 1.56. The normalized spacial score (nSPS) is 19.3. The van der Waals surface area contributed by atoms with E-state index in [4.69, 9.17) is 14.2 Å². The Bertz CT molecular complexity index is 777. The molecule has 0 saturated carbocycles. The van der Waals surface area contributed by atoms with Crippen LogP contribution in [0.5, 0.6) is 11.5 Å². The van der Waals surface area contributed by atoms with Gasteiger partial charge in [-0.3, -0.25) is 9.69 Å². The maximum Gasteiger partial charge on any atom is 0.322 e. The van der Waals surface area contributed by atoms with Gasteiger partial charge in [0.2, 0.25) is 0 Å². The molecule has 1 aromatic rings. The molecule has 3 amide bonds. The van der Waals surface area contributed by atoms with E-state index in [9.17, 15) is 9.59 Å². The Balaban J connectivity index is 1.99. The van der Waals surface area contributed by atoms with E-state index >= 15 is 0 Å². The first-order valence-corrected chi connectivity index (χ1v) is 8.79. The van der Waals surface area contributed by atoms with Crippen LogP contribution in [0.25, 0.3) is 0 Å². The number of amides is 3. The summed E-state index contributed by atoms with van der Waals surface area (Å²) < 4.78 is 15.9. The minimum atomic E-state index is -0.589. The molecule has 8 nitrogen and oxygen atoms in total. The van der Waals surface area contributed by atoms with Gasteiger partial charge in [-0.05, 0) is 24.6 Å². The second kappa shape index (κ2) is 7.87. The number of rotatable bonds is 7. The van der Waals surface area contributed by atoms with Crippen LogP contribution in [0.15, 0.2) is 29.5 Å². The molecule has 0 aliphatic carbocycles. The highest BCUT2D eigenvalue weighted by molar-refractivity contribution is 6.01. The molecule has 1 N–H and O–H groups in total. The zero-order valence-electron chi connectivity index (χ0n) is 16.1. The van der Waals surface area contributed by atoms with Gasteiger partial charge in [-0.1, -0.05) is 0 Å². The summed E-state index contributed by atoms with van der Waals surface area (Å²) in [4.78, 5) is 28.9. The molecule has 8 heteroatoms. The van der Waals surface area contributed by atoms with Crippen LogP contribution in [0, 0.1) is 0 Å². The van der Waals surface area contributed by atoms with Crippen molar-refractivity contribution in [2.45, 2.75) is 12.5 Å². The van der Waals surface area contributed by atoms with Gasteiger partial charge < -0.3 is 24.4 Å². The van der Waals surface area contributed by atoms with Gasteiger partial charge in [0.1, 0.15) is 11.5 Å². The number of ether oxygens (including phenoxy) is 3. The van der Waals surface area contributed by atoms with Crippen molar-refractivity contribution in [2.24, 2.45) is 0 Å². The number of nitrogens with zero attached hydrogens (tertiary/aromatic N) is 2. The van der Waals surface area contributed by atoms with E-state index in [1.54, 1.807) is 51.5 Å². The zero-order chi connectivity index (χ0) is 19.6. The standard InChI is InChI=1S/C19H25N3O5/c1-21-14-11-22(8-5-9-25-2)18(23)16(14)17(20-19(21)24)13-10-12(26-3)6-7-15(13)27-4/h6-7,10,17H,5,8-9,11H2,1-4H3,(H,20,24). The average molecular weight is 375 g/mol. The molecule has 0 spiro atoms. The monoisotopic (exact) mass is 375 g/mol. The molecule has 146 valence electrons. The third kappa shape index (κ3) is 3.44. The lowest BCUT2D eigenvalue weighted by Crippen LogP contribution is -2.45. The SMILES string of the molecule is COCCCN1CC2=C(C1=O)C(c1cc(OC)ccc1OC)NC(=O)N2C. The van der Waals surface area contributed by atoms with Gasteiger partial charge in [0, 0.05) is 32.9 Å². The van der Waals surface area contributed by atoms with E-state index in [0.717, 1.165) is 12.1 Å². The van der Waals surface area contributed by atoms with Crippen LogP contribution in [-0.2, 0) is 9.53 Å². The van der Waals surface area contributed by atoms with Crippen molar-refractivity contribution >= 4 is 11.9 Å². The van der Waals surface area contributed by atoms with Crippen LogP contribution in [-0.4, -0.2) is 69.8 Å². The summed E-state index contributed by atoms with van der Waals surface area (Å²) in [6, 6.07) is 4.50. The Morgan fingerprint density at radius 2 is 1.96 bits per heavy atom. The zero-order valence-corrected chi connectivity index (χ0v) is 16.1. The van der Waals surface area contributed by atoms with E-state index < -0.39 is 6.04 Å². The topological polar surface area (TPSA) is 80.3 Å². The van der Waals surface area contributed by atoms with Crippen LogP contribution in [0.1, 0.15) is 18.0 Å². The highest BCUT2D eigenvalue weighted by atomic mass is 16.5. The van der Waals surface area contributed by atoms with Crippen molar-refractivity contribution in [2.75, 3.05) is 48.1 Å². The predicted octanol–water partition coefficient (Wildman–Crippen LogP) is 1.53. The summed E-state index contributed by atoms with van der Waals surface area (Å²) in [5.41, 5.74) is 1.98. The van der Waals surface area contributed by atoms with Crippen molar-refractivity contribution in [3.8, 4) is 11.5 Å². The maximum atomic E-state index is 13.1. The molecule has 1 unspecified atom stereocenters. The highest BCUT2D eigenvalue weighted by Crippen LogP contribution is 2.40. The first kappa shape index (κ1) is 19.0. The van der Waals surface area contributed by atoms with E-state index in [1.165, 1.54) is 4.90 Å². The van der Waals surface area contributed by atoms with Crippen molar-refractivity contribution in [3.05, 3.63) is 35.0 Å². The maximum absolute atomic E-state index is 13.1. The van der Waals surface area contributed by atoms with Gasteiger partial charge in [-0.2, -0.15) is 0 Å². The van der Waals surface area contributed by atoms with Crippen molar-refractivity contribution in [1.29, 1.82) is 0 Å². The first-order valence-electron chi connectivity index (χ1n) is 8.79. The molecule has 27 heavy (non-hydrogen) atoms. The Kier molecular flexibility index (Phi) is 5.55. The van der Waals surface area contributed by atoms with Crippen molar-refractivity contribution in [1.82, 2.24) is 15.1 Å². The predicted molar refractivity (Wildman–Crippen MR) is 98.7 cm³/mol. The van der Waals surface area contributed by atoms with Gasteiger partial charge in [0.05, 0.1) is 38.1 Å². The Morgan fingerprint density at radius 3 is 2.63 bits per heavy atom. The Hall–Kier alpha value is -2.74. The Morgan fingerprint density at radius 1 is 1.19 bits per heavy atom. The number of nitrogens with one attached hydrogen (secondary N) is 1. The lowest BCUT2D eigenvalue weighted by Gasteiger charge is -2.31. The summed E-state index contributed by atoms with van der Waals surface area (Å²) in [5.74, 6) is 1.13. The molecule has 2 heterocycles. The molecule has 2 aliphatic rings. The minimum Gasteiger partial charge on any atom is -0.497 e. The molecular weight excluding hydrogens is 350 g/mol. The lowest BCUT2D eigenvalue weighted by atomic mass is 9.94. The number of carbonyl (C=O) groups is 2. The molecule has 0 fully saturated rings. The number of likely N-dealkylation sites (N-methyl/N-ethyl adjacent to an activating group) is 1. The van der Waals surface area contributed by atoms with Gasteiger partial charge >= 0.3 is 6.03 Å². The molecular formula is C19H25N3O5. The third-order valence-electron chi connectivity index (χ3n) is 4.96. The van der Waals surface area contributed by atoms with E-state index in [1.807, 2.05) is 0 Å². The van der Waals surface area contributed by atoms with Gasteiger partial charge in [-0.25, -0.2) is 4.79 Å². The molecule has 0 aromatic heterocycles. The van der Waals surface area contributed by atoms with Gasteiger partial charge in [-0.15, -0.1) is 0 Å². The molecule has 0 saturated heterocycles. The number of benzene rings is 1. The van der Waals surface area contributed by atoms with Crippen LogP contribution in [0.4, 0.5) is 4.79 Å². The first-order chi connectivity index (χ1) is 13.0. The summed E-state index contributed by atoms with van der Waals surface area (Å²) in [5, 5.41) is 2.92. The molecule has 0 bridgehead atoms. The number of hydrogen-bond acceptors (Lipinski definition) is 5. The van der Waals surface area contributed by atoms with Gasteiger partial charge in [0.15, 0.2) is 0 Å². The van der Waals surface area contributed by atoms with E-state index in [-0.39, 0.29) is 11.9 Å². The summed E-state index contributed by atoms with van der Waals surface area (Å²) in [7, 11) is 6.44. The third-order valence-corrected chi connectivity index (χ3v) is 4.96. The number of methoxy groups -OCH3 is 3. The van der Waals surface area contributed by atoms with Crippen molar-refractivity contribution in [3.63, 3.8) is 0 Å². The summed E-state index contributed by atoms with van der Waals surface area (Å²) in [6.07, 6.45) is 0.737. The fourth-order valence-corrected chi connectivity index (χ4v) is 3.50. The Labute approximate surface area is 158 Å². The van der Waals surface area contributed by atoms with E-state index in [2.05, 4.69) is 5.32 Å². The number of carbonyl (C=O) groups excluding carboxylic acids is 2.